The third kappa shape index (κ3) is 20.1. The van der Waals surface area contributed by atoms with Crippen LogP contribution in [0, 0.1) is 35.5 Å². The topological polar surface area (TPSA) is 530 Å². The number of hydrogen-bond donors (Lipinski definition) is 20. The van der Waals surface area contributed by atoms with Crippen LogP contribution in [0.3, 0.4) is 0 Å². The largest absolute Gasteiger partial charge is 0.512 e. The minimum atomic E-state index is -2.31. The number of hydrogen-bond acceptors (Lipinski definition) is 28. The molecule has 20 atom stereocenters. The SMILES string of the molecule is CNCCCOc1ccc(SNC(=O)C[C@@H]2NC(=O)[C@H](NC(=O)[C@H](CC(C)C)NC)[C@H](O)C3=CC(Cl)=C(CC3)Oc3cc4cc(c3O[C@@H]3O[C@H](CO)[C@H](O)[C@H](O)[C@@H]3O[C@H]3C[C@](C)(N)[C@H](O)[C@H](C)O3)Oc3ccc(cc3Cl)[C@H](O)[C@H]3NC(=O)[C@@H](NC(=O)[C@@H]4NC2=O)C2=CC=C(O)C(C2)C2=C(O)C[C@@H](O)C=C2[C@@H](C(=O)NC2C4CC5CC(C4)CC2C5)NC3=O)cc1. The number of ether oxygens (including phenoxy) is 7. The highest BCUT2D eigenvalue weighted by atomic mass is 35.5. The molecule has 0 aromatic heterocycles. The van der Waals surface area contributed by atoms with Gasteiger partial charge < -0.3 is 133 Å². The Morgan fingerprint density at radius 2 is 1.45 bits per heavy atom. The molecule has 1 unspecified atom stereocenters. The number of amides is 8. The Hall–Kier alpha value is -8.93. The Kier molecular flexibility index (Phi) is 28.5. The summed E-state index contributed by atoms with van der Waals surface area (Å²) in [6.07, 6.45) is -10.8. The molecule has 3 aromatic rings. The maximum Gasteiger partial charge on any atom is 0.248 e. The fourth-order valence-corrected chi connectivity index (χ4v) is 20.1. The number of halogens is 2. The van der Waals surface area contributed by atoms with Crippen molar-refractivity contribution in [3.8, 4) is 28.7 Å². The zero-order valence-electron chi connectivity index (χ0n) is 69.1. The Bertz CT molecular complexity index is 4750. The number of carbonyl (C=O) groups excluding carboxylic acids is 8. The molecule has 3 aromatic carbocycles. The molecule has 35 nitrogen and oxygen atoms in total. The van der Waals surface area contributed by atoms with Crippen molar-refractivity contribution in [2.75, 3.05) is 33.9 Å². The van der Waals surface area contributed by atoms with Gasteiger partial charge in [-0.3, -0.25) is 43.1 Å². The first-order valence-corrected chi connectivity index (χ1v) is 43.6. The Labute approximate surface area is 729 Å². The summed E-state index contributed by atoms with van der Waals surface area (Å²) in [6.45, 7) is 6.92. The lowest BCUT2D eigenvalue weighted by molar-refractivity contribution is -0.333. The Balaban J connectivity index is 0.938. The van der Waals surface area contributed by atoms with E-state index in [2.05, 4.69) is 52.6 Å². The van der Waals surface area contributed by atoms with Crippen LogP contribution in [0.25, 0.3) is 0 Å². The van der Waals surface area contributed by atoms with Crippen molar-refractivity contribution in [3.63, 3.8) is 0 Å². The molecule has 0 radical (unpaired) electrons. The molecule has 3 saturated heterocycles. The average Bonchev–Trinajstić information content (AvgIpc) is 0.758. The van der Waals surface area contributed by atoms with E-state index in [1.165, 1.54) is 63.4 Å². The number of rotatable bonds is 21. The maximum atomic E-state index is 16.7. The normalized spacial score (nSPS) is 33.9. The first-order chi connectivity index (χ1) is 59.1. The number of nitrogens with two attached hydrogens (primary N) is 1. The lowest BCUT2D eigenvalue weighted by atomic mass is 9.54. The van der Waals surface area contributed by atoms with Gasteiger partial charge >= 0.3 is 0 Å². The number of fused-ring (bicyclic) bond motifs is 15. The summed E-state index contributed by atoms with van der Waals surface area (Å²) >= 11 is 15.4. The second kappa shape index (κ2) is 38.7. The molecule has 15 bridgehead atoms. The molecular weight excluding hydrogens is 1670 g/mol. The fourth-order valence-electron chi connectivity index (χ4n) is 19.0. The van der Waals surface area contributed by atoms with Gasteiger partial charge in [0.05, 0.1) is 59.8 Å². The van der Waals surface area contributed by atoms with Gasteiger partial charge in [-0.1, -0.05) is 49.2 Å². The molecule has 38 heteroatoms. The van der Waals surface area contributed by atoms with Crippen molar-refractivity contribution in [2.24, 2.45) is 41.2 Å². The van der Waals surface area contributed by atoms with Gasteiger partial charge in [-0.25, -0.2) is 0 Å². The van der Waals surface area contributed by atoms with Crippen LogP contribution >= 0.6 is 35.1 Å². The van der Waals surface area contributed by atoms with E-state index in [0.717, 1.165) is 56.2 Å². The van der Waals surface area contributed by atoms with Crippen LogP contribution in [0.2, 0.25) is 5.02 Å². The standard InChI is InChI=1S/C86H109Cl2N11O24S/c1-36(2)20-53(91-6)78(110)97-69-71(105)41-9-16-57(51(87)27-41)119-59-29-45-30-60(75(59)123-85-76(74(108)73(107)61(35-100)121-85)122-63-34-86(4,89)77(109)37(3)118-63)120-58-17-10-42(28-52(58)88)72(106)70-84(116)96-68(82(114)93-65-43-22-38-21-39(24-43)25-44(65)23-38)50-31-46(101)32-56(103)64(50)49-26-40(8-15-55(49)102)66(80(112)98-70)95-81(113)67(45)94-79(111)54(92-83(69)115)33-62(104)99-124-48-13-11-47(12-14-48)117-19-7-18-90-5/h8,10-15,17,27-31,36-39,43-44,46,49,53-54,61,63,65-74,76-77,85,90-91,100-103,105-109H,7,9,16,18-26,32-35,89H2,1-6H3,(H,92,115)(H,93,114)(H,94,111)(H,95,113)(H,96,116)(H,97,110)(H,98,112)(H,99,104)/t37-,38?,39?,43?,44?,46-,49?,53-,54-,61+,63-,65?,66-,67+,68-,69+,70+,71+,72-,73-,74-,76-,77+,85-,86-/m0/s1. The van der Waals surface area contributed by atoms with Crippen molar-refractivity contribution >= 4 is 82.4 Å². The van der Waals surface area contributed by atoms with Crippen molar-refractivity contribution in [3.05, 3.63) is 140 Å². The number of nitrogens with one attached hydrogen (secondary N) is 10. The summed E-state index contributed by atoms with van der Waals surface area (Å²) in [7, 11) is 3.33. The van der Waals surface area contributed by atoms with E-state index < -0.39 is 229 Å². The van der Waals surface area contributed by atoms with Gasteiger partial charge in [0.25, 0.3) is 0 Å². The van der Waals surface area contributed by atoms with Crippen LogP contribution in [-0.4, -0.2) is 236 Å². The second-order valence-electron chi connectivity index (χ2n) is 34.7. The van der Waals surface area contributed by atoms with Gasteiger partial charge in [-0.15, -0.1) is 0 Å². The molecule has 14 aliphatic rings. The minimum Gasteiger partial charge on any atom is -0.512 e. The van der Waals surface area contributed by atoms with Gasteiger partial charge in [-0.05, 0) is 228 Å². The summed E-state index contributed by atoms with van der Waals surface area (Å²) in [5.41, 5.74) is 4.30. The average molecular weight is 1780 g/mol. The Morgan fingerprint density at radius 3 is 2.12 bits per heavy atom. The van der Waals surface area contributed by atoms with E-state index in [-0.39, 0.29) is 98.9 Å². The van der Waals surface area contributed by atoms with Crippen LogP contribution in [0.15, 0.2) is 128 Å². The molecular formula is C86H109Cl2N11O24S. The lowest BCUT2D eigenvalue weighted by Crippen LogP contribution is -2.64. The van der Waals surface area contributed by atoms with Crippen LogP contribution in [-0.2, 0) is 52.6 Å². The molecule has 21 N–H and O–H groups in total. The van der Waals surface area contributed by atoms with Crippen LogP contribution in [0.4, 0.5) is 0 Å². The molecule has 7 fully saturated rings. The highest BCUT2D eigenvalue weighted by molar-refractivity contribution is 7.98. The number of aliphatic hydroxyl groups excluding tert-OH is 9. The third-order valence-electron chi connectivity index (χ3n) is 25.2. The van der Waals surface area contributed by atoms with E-state index in [1.54, 1.807) is 24.3 Å². The van der Waals surface area contributed by atoms with Gasteiger partial charge in [0.15, 0.2) is 23.9 Å². The van der Waals surface area contributed by atoms with Gasteiger partial charge in [-0.2, -0.15) is 0 Å². The summed E-state index contributed by atoms with van der Waals surface area (Å²) in [4.78, 5) is 126. The summed E-state index contributed by atoms with van der Waals surface area (Å²) < 4.78 is 47.9. The first-order valence-electron chi connectivity index (χ1n) is 42.0. The summed E-state index contributed by atoms with van der Waals surface area (Å²) in [5.74, 6) is -11.9. The van der Waals surface area contributed by atoms with Crippen molar-refractivity contribution in [1.29, 1.82) is 0 Å². The van der Waals surface area contributed by atoms with E-state index in [4.69, 9.17) is 62.1 Å². The van der Waals surface area contributed by atoms with Crippen molar-refractivity contribution in [1.82, 2.24) is 52.6 Å². The highest BCUT2D eigenvalue weighted by Crippen LogP contribution is 2.55. The Morgan fingerprint density at radius 1 is 0.750 bits per heavy atom. The summed E-state index contributed by atoms with van der Waals surface area (Å²) in [5, 5.41) is 132. The van der Waals surface area contributed by atoms with E-state index in [1.807, 2.05) is 20.9 Å². The van der Waals surface area contributed by atoms with Gasteiger partial charge in [0.1, 0.15) is 89.8 Å². The quantitative estimate of drug-likeness (QED) is 0.0538. The highest BCUT2D eigenvalue weighted by Gasteiger charge is 2.54. The summed E-state index contributed by atoms with van der Waals surface area (Å²) in [6, 6.07) is -1.25. The zero-order chi connectivity index (χ0) is 88.6. The zero-order valence-corrected chi connectivity index (χ0v) is 71.5. The number of likely N-dealkylation sites (N-methyl/N-ethyl adjacent to an activating group) is 1. The molecule has 7 heterocycles. The van der Waals surface area contributed by atoms with Crippen molar-refractivity contribution < 1.29 is 117 Å². The molecule has 7 aliphatic heterocycles. The van der Waals surface area contributed by atoms with Crippen molar-refractivity contribution in [2.45, 2.75) is 237 Å². The molecule has 0 spiro atoms. The maximum absolute atomic E-state index is 16.7. The monoisotopic (exact) mass is 1780 g/mol. The van der Waals surface area contributed by atoms with E-state index in [9.17, 15) is 55.5 Å². The third-order valence-corrected chi connectivity index (χ3v) is 26.6. The predicted molar refractivity (Wildman–Crippen MR) is 447 cm³/mol. The fraction of sp³-hybridized carbons (Fsp3) is 0.558. The van der Waals surface area contributed by atoms with E-state index in [0.29, 0.717) is 42.1 Å². The first kappa shape index (κ1) is 91.3. The number of benzene rings is 3. The molecule has 672 valence electrons. The number of allylic oxidation sites excluding steroid dienone is 6. The van der Waals surface area contributed by atoms with Crippen LogP contribution < -0.4 is 77.3 Å². The lowest BCUT2D eigenvalue weighted by Gasteiger charge is -2.54. The van der Waals surface area contributed by atoms with Crippen LogP contribution in [0.5, 0.6) is 28.7 Å². The second-order valence-corrected chi connectivity index (χ2v) is 36.4. The van der Waals surface area contributed by atoms with E-state index >= 15 is 28.8 Å². The number of aliphatic hydroxyl groups is 9. The minimum absolute atomic E-state index is 0.0371. The van der Waals surface area contributed by atoms with Gasteiger partial charge in [0, 0.05) is 47.2 Å². The molecule has 4 saturated carbocycles. The van der Waals surface area contributed by atoms with Gasteiger partial charge in [0.2, 0.25) is 59.3 Å². The van der Waals surface area contributed by atoms with Crippen LogP contribution in [0.1, 0.15) is 134 Å². The molecule has 17 rings (SSSR count). The smallest absolute Gasteiger partial charge is 0.248 e. The molecule has 124 heavy (non-hydrogen) atoms. The molecule has 7 aliphatic carbocycles. The molecule has 8 amide bonds. The number of carbonyl (C=O) groups is 8. The predicted octanol–water partition coefficient (Wildman–Crippen LogP) is 2.78.